The van der Waals surface area contributed by atoms with Gasteiger partial charge < -0.3 is 10.5 Å². The van der Waals surface area contributed by atoms with E-state index in [1.54, 1.807) is 0 Å². The van der Waals surface area contributed by atoms with E-state index in [-0.39, 0.29) is 12.4 Å². The Morgan fingerprint density at radius 1 is 1.36 bits per heavy atom. The van der Waals surface area contributed by atoms with E-state index in [9.17, 15) is 0 Å². The summed E-state index contributed by atoms with van der Waals surface area (Å²) in [4.78, 5) is 0. The van der Waals surface area contributed by atoms with Crippen LogP contribution in [-0.4, -0.2) is 12.6 Å². The third-order valence-electron chi connectivity index (χ3n) is 3.07. The number of halogens is 1. The smallest absolute Gasteiger partial charge is 0.123 e. The molecule has 1 aromatic carbocycles. The second kappa shape index (κ2) is 3.44. The van der Waals surface area contributed by atoms with Crippen molar-refractivity contribution in [2.24, 2.45) is 5.73 Å². The van der Waals surface area contributed by atoms with E-state index in [1.165, 1.54) is 11.1 Å². The predicted octanol–water partition coefficient (Wildman–Crippen LogP) is 1.86. The fourth-order valence-corrected chi connectivity index (χ4v) is 2.55. The zero-order valence-electron chi connectivity index (χ0n) is 7.90. The van der Waals surface area contributed by atoms with Crippen molar-refractivity contribution >= 4 is 12.4 Å². The fraction of sp³-hybridized carbons (Fsp3) is 0.455. The summed E-state index contributed by atoms with van der Waals surface area (Å²) in [7, 11) is 0. The van der Waals surface area contributed by atoms with E-state index in [2.05, 4.69) is 18.2 Å². The lowest BCUT2D eigenvalue weighted by atomic mass is 9.82. The molecular formula is C11H14ClNO. The maximum atomic E-state index is 5.98. The quantitative estimate of drug-likeness (QED) is 0.711. The molecule has 2 N–H and O–H groups in total. The van der Waals surface area contributed by atoms with Gasteiger partial charge in [0.15, 0.2) is 0 Å². The maximum Gasteiger partial charge on any atom is 0.123 e. The van der Waals surface area contributed by atoms with Crippen LogP contribution in [0.3, 0.4) is 0 Å². The third kappa shape index (κ3) is 1.30. The Hall–Kier alpha value is -0.730. The van der Waals surface area contributed by atoms with E-state index < -0.39 is 0 Å². The maximum absolute atomic E-state index is 5.98. The molecule has 0 spiro atoms. The van der Waals surface area contributed by atoms with E-state index >= 15 is 0 Å². The fourth-order valence-electron chi connectivity index (χ4n) is 2.55. The molecule has 0 saturated heterocycles. The van der Waals surface area contributed by atoms with Gasteiger partial charge in [0.05, 0.1) is 6.61 Å². The lowest BCUT2D eigenvalue weighted by Gasteiger charge is -2.24. The summed E-state index contributed by atoms with van der Waals surface area (Å²) in [5.74, 6) is 1.66. The van der Waals surface area contributed by atoms with Gasteiger partial charge in [-0.2, -0.15) is 0 Å². The second-order valence-electron chi connectivity index (χ2n) is 4.04. The average molecular weight is 212 g/mol. The number of nitrogens with two attached hydrogens (primary N) is 1. The second-order valence-corrected chi connectivity index (χ2v) is 4.04. The minimum absolute atomic E-state index is 0. The molecule has 0 aromatic heterocycles. The summed E-state index contributed by atoms with van der Waals surface area (Å²) in [6.45, 7) is 0.833. The van der Waals surface area contributed by atoms with Crippen molar-refractivity contribution in [2.75, 3.05) is 6.61 Å². The van der Waals surface area contributed by atoms with Crippen LogP contribution in [0.5, 0.6) is 5.75 Å². The Bertz CT molecular complexity index is 353. The molecule has 3 rings (SSSR count). The Balaban J connectivity index is 0.000000750. The first-order valence-electron chi connectivity index (χ1n) is 4.85. The van der Waals surface area contributed by atoms with Crippen molar-refractivity contribution in [3.8, 4) is 5.75 Å². The lowest BCUT2D eigenvalue weighted by molar-refractivity contribution is 0.316. The van der Waals surface area contributed by atoms with Gasteiger partial charge in [-0.05, 0) is 24.5 Å². The van der Waals surface area contributed by atoms with Crippen molar-refractivity contribution in [3.63, 3.8) is 0 Å². The zero-order valence-corrected chi connectivity index (χ0v) is 8.72. The van der Waals surface area contributed by atoms with E-state index in [4.69, 9.17) is 10.5 Å². The molecule has 0 fully saturated rings. The number of hydrogen-bond acceptors (Lipinski definition) is 2. The Morgan fingerprint density at radius 2 is 2.21 bits per heavy atom. The highest BCUT2D eigenvalue weighted by molar-refractivity contribution is 5.85. The highest BCUT2D eigenvalue weighted by Crippen LogP contribution is 2.42. The van der Waals surface area contributed by atoms with Gasteiger partial charge >= 0.3 is 0 Å². The van der Waals surface area contributed by atoms with Crippen LogP contribution in [0.1, 0.15) is 23.5 Å². The minimum atomic E-state index is 0. The molecule has 0 radical (unpaired) electrons. The molecule has 0 amide bonds. The lowest BCUT2D eigenvalue weighted by Crippen LogP contribution is -2.30. The van der Waals surface area contributed by atoms with Gasteiger partial charge in [-0.25, -0.2) is 0 Å². The van der Waals surface area contributed by atoms with Crippen molar-refractivity contribution in [1.29, 1.82) is 0 Å². The molecule has 76 valence electrons. The number of rotatable bonds is 0. The molecule has 1 aliphatic heterocycles. The summed E-state index contributed by atoms with van der Waals surface area (Å²) < 4.78 is 5.62. The van der Waals surface area contributed by atoms with Crippen molar-refractivity contribution in [3.05, 3.63) is 29.3 Å². The summed E-state index contributed by atoms with van der Waals surface area (Å²) in [5, 5.41) is 0. The SMILES string of the molecule is Cl.NC1Cc2cccc3c2C(CO3)C1. The normalized spacial score (nSPS) is 27.5. The van der Waals surface area contributed by atoms with Crippen LogP contribution in [0.15, 0.2) is 18.2 Å². The molecule has 1 aromatic rings. The molecule has 2 unspecified atom stereocenters. The number of ether oxygens (including phenoxy) is 1. The third-order valence-corrected chi connectivity index (χ3v) is 3.07. The minimum Gasteiger partial charge on any atom is -0.493 e. The largest absolute Gasteiger partial charge is 0.493 e. The van der Waals surface area contributed by atoms with Gasteiger partial charge in [0, 0.05) is 17.5 Å². The highest BCUT2D eigenvalue weighted by Gasteiger charge is 2.32. The summed E-state index contributed by atoms with van der Waals surface area (Å²) in [6, 6.07) is 6.64. The van der Waals surface area contributed by atoms with E-state index in [1.807, 2.05) is 0 Å². The first-order valence-corrected chi connectivity index (χ1v) is 4.85. The van der Waals surface area contributed by atoms with Crippen LogP contribution in [-0.2, 0) is 6.42 Å². The molecule has 1 aliphatic carbocycles. The van der Waals surface area contributed by atoms with Gasteiger partial charge in [-0.15, -0.1) is 12.4 Å². The van der Waals surface area contributed by atoms with Crippen molar-refractivity contribution in [1.82, 2.24) is 0 Å². The molecule has 3 heteroatoms. The van der Waals surface area contributed by atoms with Crippen molar-refractivity contribution < 1.29 is 4.74 Å². The van der Waals surface area contributed by atoms with Crippen LogP contribution < -0.4 is 10.5 Å². The molecule has 1 heterocycles. The Morgan fingerprint density at radius 3 is 3.07 bits per heavy atom. The molecule has 0 saturated carbocycles. The van der Waals surface area contributed by atoms with Crippen LogP contribution in [0.2, 0.25) is 0 Å². The molecule has 2 aliphatic rings. The first-order chi connectivity index (χ1) is 6.34. The van der Waals surface area contributed by atoms with Crippen LogP contribution in [0, 0.1) is 0 Å². The van der Waals surface area contributed by atoms with Crippen LogP contribution in [0.25, 0.3) is 0 Å². The Labute approximate surface area is 89.9 Å². The summed E-state index contributed by atoms with van der Waals surface area (Å²) in [6.07, 6.45) is 2.10. The summed E-state index contributed by atoms with van der Waals surface area (Å²) in [5.41, 5.74) is 8.82. The van der Waals surface area contributed by atoms with E-state index in [0.29, 0.717) is 12.0 Å². The van der Waals surface area contributed by atoms with Gasteiger partial charge in [-0.1, -0.05) is 12.1 Å². The Kier molecular flexibility index (Phi) is 2.41. The van der Waals surface area contributed by atoms with Gasteiger partial charge in [0.25, 0.3) is 0 Å². The van der Waals surface area contributed by atoms with Gasteiger partial charge in [0.2, 0.25) is 0 Å². The number of benzene rings is 1. The standard InChI is InChI=1S/C11H13NO.ClH/c12-9-4-7-2-1-3-10-11(7)8(5-9)6-13-10;/h1-3,8-9H,4-6,12H2;1H. The topological polar surface area (TPSA) is 35.2 Å². The highest BCUT2D eigenvalue weighted by atomic mass is 35.5. The van der Waals surface area contributed by atoms with Crippen LogP contribution in [0.4, 0.5) is 0 Å². The van der Waals surface area contributed by atoms with Gasteiger partial charge in [-0.3, -0.25) is 0 Å². The molecule has 0 bridgehead atoms. The number of hydrogen-bond donors (Lipinski definition) is 1. The first kappa shape index (κ1) is 9.81. The van der Waals surface area contributed by atoms with Crippen molar-refractivity contribution in [2.45, 2.75) is 24.8 Å². The predicted molar refractivity (Wildman–Crippen MR) is 58.2 cm³/mol. The van der Waals surface area contributed by atoms with E-state index in [0.717, 1.165) is 25.2 Å². The molecule has 2 atom stereocenters. The molecule has 2 nitrogen and oxygen atoms in total. The molecular weight excluding hydrogens is 198 g/mol. The zero-order chi connectivity index (χ0) is 8.84. The monoisotopic (exact) mass is 211 g/mol. The van der Waals surface area contributed by atoms with Gasteiger partial charge in [0.1, 0.15) is 5.75 Å². The molecule has 14 heavy (non-hydrogen) atoms. The summed E-state index contributed by atoms with van der Waals surface area (Å²) >= 11 is 0. The average Bonchev–Trinajstić information content (AvgIpc) is 2.50. The van der Waals surface area contributed by atoms with Crippen LogP contribution >= 0.6 is 12.4 Å².